The molecule has 3 rings (SSSR count). The molecule has 5 nitrogen and oxygen atoms in total. The number of carbonyl (C=O) groups is 1. The first-order valence-corrected chi connectivity index (χ1v) is 8.94. The highest BCUT2D eigenvalue weighted by Gasteiger charge is 2.26. The number of benzene rings is 1. The van der Waals surface area contributed by atoms with Gasteiger partial charge in [-0.05, 0) is 35.6 Å². The minimum absolute atomic E-state index is 0.0730. The van der Waals surface area contributed by atoms with Crippen LogP contribution >= 0.6 is 11.3 Å². The quantitative estimate of drug-likeness (QED) is 0.812. The lowest BCUT2D eigenvalue weighted by Gasteiger charge is -2.18. The number of nitrogens with zero attached hydrogens (tertiary/aromatic N) is 1. The van der Waals surface area contributed by atoms with Crippen LogP contribution in [0, 0.1) is 0 Å². The Morgan fingerprint density at radius 2 is 2.25 bits per heavy atom. The van der Waals surface area contributed by atoms with Crippen molar-refractivity contribution in [1.82, 2.24) is 4.90 Å². The molecule has 1 atom stereocenters. The predicted octanol–water partition coefficient (Wildman–Crippen LogP) is 3.68. The van der Waals surface area contributed by atoms with E-state index >= 15 is 0 Å². The summed E-state index contributed by atoms with van der Waals surface area (Å²) in [5, 5.41) is 5.04. The summed E-state index contributed by atoms with van der Waals surface area (Å²) in [6.07, 6.45) is 0.968. The van der Waals surface area contributed by atoms with Gasteiger partial charge < -0.3 is 19.7 Å². The SMILES string of the molecule is COCCOC1CCN(C(=O)Nc2cccc(-c3cccs3)c2)C1. The number of anilines is 1. The Labute approximate surface area is 146 Å². The fourth-order valence-corrected chi connectivity index (χ4v) is 3.47. The van der Waals surface area contributed by atoms with E-state index < -0.39 is 0 Å². The molecule has 0 bridgehead atoms. The maximum atomic E-state index is 12.4. The van der Waals surface area contributed by atoms with Gasteiger partial charge in [0.05, 0.1) is 19.3 Å². The molecule has 1 aromatic heterocycles. The van der Waals surface area contributed by atoms with Crippen molar-refractivity contribution in [3.63, 3.8) is 0 Å². The van der Waals surface area contributed by atoms with E-state index in [2.05, 4.69) is 22.8 Å². The van der Waals surface area contributed by atoms with Crippen LogP contribution in [0.1, 0.15) is 6.42 Å². The van der Waals surface area contributed by atoms with Gasteiger partial charge in [-0.2, -0.15) is 0 Å². The van der Waals surface area contributed by atoms with Gasteiger partial charge in [-0.15, -0.1) is 11.3 Å². The number of nitrogens with one attached hydrogen (secondary N) is 1. The van der Waals surface area contributed by atoms with Crippen LogP contribution in [0.25, 0.3) is 10.4 Å². The Morgan fingerprint density at radius 3 is 3.04 bits per heavy atom. The summed E-state index contributed by atoms with van der Waals surface area (Å²) in [4.78, 5) is 15.4. The zero-order chi connectivity index (χ0) is 16.8. The second-order valence-electron chi connectivity index (χ2n) is 5.71. The molecule has 24 heavy (non-hydrogen) atoms. The van der Waals surface area contributed by atoms with Crippen LogP contribution in [0.15, 0.2) is 41.8 Å². The standard InChI is InChI=1S/C18H22N2O3S/c1-22-9-10-23-16-7-8-20(13-16)18(21)19-15-5-2-4-14(12-15)17-6-3-11-24-17/h2-6,11-12,16H,7-10,13H2,1H3,(H,19,21). The summed E-state index contributed by atoms with van der Waals surface area (Å²) in [6, 6.07) is 12.0. The van der Waals surface area contributed by atoms with Crippen molar-refractivity contribution in [2.45, 2.75) is 12.5 Å². The molecule has 1 aliphatic rings. The number of amides is 2. The highest BCUT2D eigenvalue weighted by atomic mass is 32.1. The van der Waals surface area contributed by atoms with E-state index in [-0.39, 0.29) is 12.1 Å². The molecular formula is C18H22N2O3S. The van der Waals surface area contributed by atoms with Crippen molar-refractivity contribution < 1.29 is 14.3 Å². The summed E-state index contributed by atoms with van der Waals surface area (Å²) in [7, 11) is 1.65. The first-order valence-electron chi connectivity index (χ1n) is 8.06. The molecule has 0 aliphatic carbocycles. The van der Waals surface area contributed by atoms with Crippen molar-refractivity contribution in [3.8, 4) is 10.4 Å². The number of likely N-dealkylation sites (tertiary alicyclic amines) is 1. The minimum Gasteiger partial charge on any atom is -0.382 e. The van der Waals surface area contributed by atoms with Crippen LogP contribution in [0.2, 0.25) is 0 Å². The molecule has 1 saturated heterocycles. The zero-order valence-corrected chi connectivity index (χ0v) is 14.6. The van der Waals surface area contributed by atoms with Gasteiger partial charge in [0, 0.05) is 30.8 Å². The number of thiophene rings is 1. The summed E-state index contributed by atoms with van der Waals surface area (Å²) in [5.74, 6) is 0. The van der Waals surface area contributed by atoms with Crippen molar-refractivity contribution in [2.75, 3.05) is 38.7 Å². The molecule has 1 N–H and O–H groups in total. The van der Waals surface area contributed by atoms with Crippen molar-refractivity contribution in [2.24, 2.45) is 0 Å². The average molecular weight is 346 g/mol. The number of hydrogen-bond donors (Lipinski definition) is 1. The van der Waals surface area contributed by atoms with E-state index in [0.717, 1.165) is 17.7 Å². The largest absolute Gasteiger partial charge is 0.382 e. The Morgan fingerprint density at radius 1 is 1.33 bits per heavy atom. The third kappa shape index (κ3) is 4.35. The number of rotatable bonds is 6. The van der Waals surface area contributed by atoms with Gasteiger partial charge in [0.2, 0.25) is 0 Å². The average Bonchev–Trinajstić information content (AvgIpc) is 3.27. The van der Waals surface area contributed by atoms with Crippen LogP contribution in [-0.2, 0) is 9.47 Å². The number of urea groups is 1. The maximum absolute atomic E-state index is 12.4. The maximum Gasteiger partial charge on any atom is 0.321 e. The van der Waals surface area contributed by atoms with E-state index in [1.807, 2.05) is 24.3 Å². The zero-order valence-electron chi connectivity index (χ0n) is 13.7. The topological polar surface area (TPSA) is 50.8 Å². The lowest BCUT2D eigenvalue weighted by molar-refractivity contribution is 0.0239. The molecule has 6 heteroatoms. The summed E-state index contributed by atoms with van der Waals surface area (Å²) in [6.45, 7) is 2.49. The van der Waals surface area contributed by atoms with E-state index in [4.69, 9.17) is 9.47 Å². The van der Waals surface area contributed by atoms with Gasteiger partial charge in [0.25, 0.3) is 0 Å². The highest BCUT2D eigenvalue weighted by molar-refractivity contribution is 7.13. The van der Waals surface area contributed by atoms with Crippen molar-refractivity contribution in [3.05, 3.63) is 41.8 Å². The van der Waals surface area contributed by atoms with Gasteiger partial charge in [-0.3, -0.25) is 0 Å². The van der Waals surface area contributed by atoms with Crippen LogP contribution in [0.3, 0.4) is 0 Å². The molecule has 0 spiro atoms. The number of hydrogen-bond acceptors (Lipinski definition) is 4. The Hall–Kier alpha value is -1.89. The molecule has 2 heterocycles. The molecule has 0 saturated carbocycles. The molecule has 128 valence electrons. The second-order valence-corrected chi connectivity index (χ2v) is 6.66. The summed E-state index contributed by atoms with van der Waals surface area (Å²) >= 11 is 1.69. The smallest absolute Gasteiger partial charge is 0.321 e. The van der Waals surface area contributed by atoms with Gasteiger partial charge >= 0.3 is 6.03 Å². The molecule has 1 aliphatic heterocycles. The lowest BCUT2D eigenvalue weighted by Crippen LogP contribution is -2.34. The Kier molecular flexibility index (Phi) is 5.85. The molecule has 1 fully saturated rings. The third-order valence-electron chi connectivity index (χ3n) is 3.99. The van der Waals surface area contributed by atoms with Crippen LogP contribution in [-0.4, -0.2) is 50.4 Å². The number of carbonyl (C=O) groups excluding carboxylic acids is 1. The van der Waals surface area contributed by atoms with Crippen LogP contribution < -0.4 is 5.32 Å². The fourth-order valence-electron chi connectivity index (χ4n) is 2.74. The first-order chi connectivity index (χ1) is 11.8. The summed E-state index contributed by atoms with van der Waals surface area (Å²) < 4.78 is 10.7. The molecule has 0 radical (unpaired) electrons. The van der Waals surface area contributed by atoms with Gasteiger partial charge in [-0.25, -0.2) is 4.79 Å². The molecule has 1 aromatic carbocycles. The van der Waals surface area contributed by atoms with Gasteiger partial charge in [-0.1, -0.05) is 18.2 Å². The molecule has 2 aromatic rings. The van der Waals surface area contributed by atoms with E-state index in [1.54, 1.807) is 23.3 Å². The molecule has 1 unspecified atom stereocenters. The number of ether oxygens (including phenoxy) is 2. The van der Waals surface area contributed by atoms with E-state index in [0.29, 0.717) is 26.3 Å². The van der Waals surface area contributed by atoms with Crippen LogP contribution in [0.4, 0.5) is 10.5 Å². The lowest BCUT2D eigenvalue weighted by atomic mass is 10.1. The first kappa shape index (κ1) is 17.0. The van der Waals surface area contributed by atoms with E-state index in [9.17, 15) is 4.79 Å². The van der Waals surface area contributed by atoms with Gasteiger partial charge in [0.15, 0.2) is 0 Å². The predicted molar refractivity (Wildman–Crippen MR) is 96.6 cm³/mol. The Bertz CT molecular complexity index is 660. The minimum atomic E-state index is -0.0730. The number of methoxy groups -OCH3 is 1. The van der Waals surface area contributed by atoms with Gasteiger partial charge in [0.1, 0.15) is 0 Å². The Balaban J connectivity index is 1.55. The molecular weight excluding hydrogens is 324 g/mol. The normalized spacial score (nSPS) is 17.2. The fraction of sp³-hybridized carbons (Fsp3) is 0.389. The summed E-state index contributed by atoms with van der Waals surface area (Å²) in [5.41, 5.74) is 1.93. The van der Waals surface area contributed by atoms with Crippen LogP contribution in [0.5, 0.6) is 0 Å². The van der Waals surface area contributed by atoms with Crippen molar-refractivity contribution >= 4 is 23.1 Å². The third-order valence-corrected chi connectivity index (χ3v) is 4.91. The van der Waals surface area contributed by atoms with E-state index in [1.165, 1.54) is 4.88 Å². The molecule has 2 amide bonds. The highest BCUT2D eigenvalue weighted by Crippen LogP contribution is 2.27. The van der Waals surface area contributed by atoms with Crippen molar-refractivity contribution in [1.29, 1.82) is 0 Å². The second kappa shape index (κ2) is 8.28. The monoisotopic (exact) mass is 346 g/mol.